The summed E-state index contributed by atoms with van der Waals surface area (Å²) in [5.41, 5.74) is 0. The lowest BCUT2D eigenvalue weighted by molar-refractivity contribution is -0.126. The van der Waals surface area contributed by atoms with Gasteiger partial charge in [-0.1, -0.05) is 27.2 Å². The van der Waals surface area contributed by atoms with Crippen molar-refractivity contribution in [2.24, 2.45) is 17.8 Å². The van der Waals surface area contributed by atoms with Gasteiger partial charge in [-0.2, -0.15) is 0 Å². The molecule has 16 heavy (non-hydrogen) atoms. The molecule has 0 aromatic carbocycles. The molecule has 1 heterocycles. The Morgan fingerprint density at radius 1 is 1.44 bits per heavy atom. The quantitative estimate of drug-likeness (QED) is 0.767. The minimum absolute atomic E-state index is 0.162. The fraction of sp³-hybridized carbons (Fsp3) is 0.923. The van der Waals surface area contributed by atoms with Gasteiger partial charge in [0.15, 0.2) is 0 Å². The Balaban J connectivity index is 2.39. The largest absolute Gasteiger partial charge is 0.353 e. The summed E-state index contributed by atoms with van der Waals surface area (Å²) in [6.07, 6.45) is 2.13. The third-order valence-electron chi connectivity index (χ3n) is 3.81. The van der Waals surface area contributed by atoms with Crippen LogP contribution >= 0.6 is 0 Å². The summed E-state index contributed by atoms with van der Waals surface area (Å²) in [6.45, 7) is 10.5. The maximum absolute atomic E-state index is 12.0. The van der Waals surface area contributed by atoms with Crippen LogP contribution in [0.5, 0.6) is 0 Å². The maximum Gasteiger partial charge on any atom is 0.224 e. The van der Waals surface area contributed by atoms with Crippen LogP contribution in [0.25, 0.3) is 0 Å². The van der Waals surface area contributed by atoms with Crippen LogP contribution in [-0.4, -0.2) is 25.0 Å². The van der Waals surface area contributed by atoms with Crippen molar-refractivity contribution in [3.05, 3.63) is 0 Å². The molecule has 1 rings (SSSR count). The number of hydrogen-bond acceptors (Lipinski definition) is 2. The zero-order valence-corrected chi connectivity index (χ0v) is 11.0. The van der Waals surface area contributed by atoms with Crippen LogP contribution in [0, 0.1) is 17.8 Å². The van der Waals surface area contributed by atoms with Crippen LogP contribution in [0.3, 0.4) is 0 Å². The molecule has 0 bridgehead atoms. The molecule has 3 nitrogen and oxygen atoms in total. The summed E-state index contributed by atoms with van der Waals surface area (Å²) >= 11 is 0. The van der Waals surface area contributed by atoms with E-state index < -0.39 is 0 Å². The molecule has 0 saturated carbocycles. The number of rotatable bonds is 4. The number of hydrogen-bond donors (Lipinski definition) is 2. The Labute approximate surface area is 99.4 Å². The summed E-state index contributed by atoms with van der Waals surface area (Å²) < 4.78 is 0. The molecule has 4 atom stereocenters. The van der Waals surface area contributed by atoms with Gasteiger partial charge in [0.25, 0.3) is 0 Å². The molecule has 0 spiro atoms. The number of carbonyl (C=O) groups excluding carboxylic acids is 1. The molecule has 1 fully saturated rings. The van der Waals surface area contributed by atoms with Gasteiger partial charge < -0.3 is 10.6 Å². The lowest BCUT2D eigenvalue weighted by atomic mass is 9.90. The highest BCUT2D eigenvalue weighted by molar-refractivity contribution is 5.79. The molecule has 1 saturated heterocycles. The summed E-state index contributed by atoms with van der Waals surface area (Å²) in [7, 11) is 0. The molecule has 1 aliphatic heterocycles. The van der Waals surface area contributed by atoms with Gasteiger partial charge in [0.2, 0.25) is 5.91 Å². The van der Waals surface area contributed by atoms with Gasteiger partial charge in [0.1, 0.15) is 0 Å². The van der Waals surface area contributed by atoms with Crippen molar-refractivity contribution in [3.63, 3.8) is 0 Å². The van der Waals surface area contributed by atoms with Crippen molar-refractivity contribution in [3.8, 4) is 0 Å². The minimum Gasteiger partial charge on any atom is -0.353 e. The van der Waals surface area contributed by atoms with Crippen molar-refractivity contribution in [1.82, 2.24) is 10.6 Å². The smallest absolute Gasteiger partial charge is 0.224 e. The molecule has 0 aliphatic carbocycles. The minimum atomic E-state index is 0.162. The zero-order valence-electron chi connectivity index (χ0n) is 11.0. The van der Waals surface area contributed by atoms with Crippen LogP contribution in [-0.2, 0) is 4.79 Å². The number of nitrogens with one attached hydrogen (secondary N) is 2. The first-order valence-corrected chi connectivity index (χ1v) is 6.55. The second kappa shape index (κ2) is 6.24. The van der Waals surface area contributed by atoms with Gasteiger partial charge in [-0.25, -0.2) is 0 Å². The molecule has 3 heteroatoms. The maximum atomic E-state index is 12.0. The molecule has 94 valence electrons. The normalized spacial score (nSPS) is 29.5. The van der Waals surface area contributed by atoms with Gasteiger partial charge >= 0.3 is 0 Å². The number of amides is 1. The standard InChI is InChI=1S/C13H26N2O/c1-5-10(3)11(4)15-13(16)12-6-9(2)7-14-8-12/h9-12,14H,5-8H2,1-4H3,(H,15,16). The van der Waals surface area contributed by atoms with Crippen molar-refractivity contribution in [2.45, 2.75) is 46.6 Å². The third-order valence-corrected chi connectivity index (χ3v) is 3.81. The Morgan fingerprint density at radius 2 is 2.12 bits per heavy atom. The molecule has 0 aromatic rings. The Bertz CT molecular complexity index is 230. The molecule has 2 N–H and O–H groups in total. The van der Waals surface area contributed by atoms with E-state index in [0.29, 0.717) is 11.8 Å². The number of piperidine rings is 1. The molecular formula is C13H26N2O. The Morgan fingerprint density at radius 3 is 2.69 bits per heavy atom. The van der Waals surface area contributed by atoms with Gasteiger partial charge in [0, 0.05) is 12.6 Å². The average molecular weight is 226 g/mol. The first-order chi connectivity index (χ1) is 7.54. The van der Waals surface area contributed by atoms with E-state index in [1.165, 1.54) is 0 Å². The summed E-state index contributed by atoms with van der Waals surface area (Å²) in [5, 5.41) is 6.46. The third kappa shape index (κ3) is 3.78. The number of carbonyl (C=O) groups is 1. The average Bonchev–Trinajstić information content (AvgIpc) is 2.27. The van der Waals surface area contributed by atoms with Crippen LogP contribution in [0.4, 0.5) is 0 Å². The first kappa shape index (κ1) is 13.5. The fourth-order valence-electron chi connectivity index (χ4n) is 2.19. The summed E-state index contributed by atoms with van der Waals surface area (Å²) in [5.74, 6) is 1.56. The molecular weight excluding hydrogens is 200 g/mol. The lowest BCUT2D eigenvalue weighted by Crippen LogP contribution is -2.47. The highest BCUT2D eigenvalue weighted by Gasteiger charge is 2.26. The monoisotopic (exact) mass is 226 g/mol. The molecule has 0 radical (unpaired) electrons. The zero-order chi connectivity index (χ0) is 12.1. The molecule has 1 amide bonds. The predicted molar refractivity (Wildman–Crippen MR) is 67.2 cm³/mol. The highest BCUT2D eigenvalue weighted by atomic mass is 16.2. The van der Waals surface area contributed by atoms with Gasteiger partial charge in [-0.15, -0.1) is 0 Å². The van der Waals surface area contributed by atoms with Gasteiger partial charge in [-0.3, -0.25) is 4.79 Å². The van der Waals surface area contributed by atoms with Gasteiger partial charge in [-0.05, 0) is 31.7 Å². The first-order valence-electron chi connectivity index (χ1n) is 6.55. The van der Waals surface area contributed by atoms with E-state index in [4.69, 9.17) is 0 Å². The molecule has 0 aromatic heterocycles. The lowest BCUT2D eigenvalue weighted by Gasteiger charge is -2.29. The van der Waals surface area contributed by atoms with Crippen molar-refractivity contribution in [2.75, 3.05) is 13.1 Å². The summed E-state index contributed by atoms with van der Waals surface area (Å²) in [4.78, 5) is 12.0. The van der Waals surface area contributed by atoms with E-state index in [-0.39, 0.29) is 17.9 Å². The molecule has 4 unspecified atom stereocenters. The van der Waals surface area contributed by atoms with E-state index in [1.54, 1.807) is 0 Å². The van der Waals surface area contributed by atoms with Crippen LogP contribution < -0.4 is 10.6 Å². The SMILES string of the molecule is CCC(C)C(C)NC(=O)C1CNCC(C)C1. The van der Waals surface area contributed by atoms with Crippen molar-refractivity contribution >= 4 is 5.91 Å². The van der Waals surface area contributed by atoms with E-state index in [1.807, 2.05) is 0 Å². The van der Waals surface area contributed by atoms with Crippen molar-refractivity contribution in [1.29, 1.82) is 0 Å². The van der Waals surface area contributed by atoms with E-state index in [9.17, 15) is 4.79 Å². The van der Waals surface area contributed by atoms with Crippen LogP contribution in [0.15, 0.2) is 0 Å². The van der Waals surface area contributed by atoms with Crippen molar-refractivity contribution < 1.29 is 4.79 Å². The Kier molecular flexibility index (Phi) is 5.26. The second-order valence-electron chi connectivity index (χ2n) is 5.38. The van der Waals surface area contributed by atoms with Crippen LogP contribution in [0.1, 0.15) is 40.5 Å². The summed E-state index contributed by atoms with van der Waals surface area (Å²) in [6, 6.07) is 0.287. The molecule has 1 aliphatic rings. The second-order valence-corrected chi connectivity index (χ2v) is 5.38. The van der Waals surface area contributed by atoms with Gasteiger partial charge in [0.05, 0.1) is 5.92 Å². The Hall–Kier alpha value is -0.570. The highest BCUT2D eigenvalue weighted by Crippen LogP contribution is 2.16. The van der Waals surface area contributed by atoms with E-state index >= 15 is 0 Å². The van der Waals surface area contributed by atoms with E-state index in [0.717, 1.165) is 25.9 Å². The predicted octanol–water partition coefficient (Wildman–Crippen LogP) is 1.78. The van der Waals surface area contributed by atoms with E-state index in [2.05, 4.69) is 38.3 Å². The fourth-order valence-corrected chi connectivity index (χ4v) is 2.19. The van der Waals surface area contributed by atoms with Crippen LogP contribution in [0.2, 0.25) is 0 Å². The topological polar surface area (TPSA) is 41.1 Å².